The predicted molar refractivity (Wildman–Crippen MR) is 102 cm³/mol. The Kier molecular flexibility index (Phi) is 4.28. The number of hydrogen-bond acceptors (Lipinski definition) is 3. The number of ketones is 1. The molecule has 1 aromatic heterocycles. The van der Waals surface area contributed by atoms with Gasteiger partial charge in [-0.1, -0.05) is 36.4 Å². The molecular weight excluding hydrogens is 310 g/mol. The first-order chi connectivity index (χ1) is 12.2. The molecule has 4 heteroatoms. The summed E-state index contributed by atoms with van der Waals surface area (Å²) >= 11 is 0. The quantitative estimate of drug-likeness (QED) is 0.742. The first kappa shape index (κ1) is 15.9. The second-order valence-corrected chi connectivity index (χ2v) is 6.65. The Morgan fingerprint density at radius 1 is 0.960 bits per heavy atom. The molecule has 1 atom stereocenters. The molecular formula is C21H23N3O. The van der Waals surface area contributed by atoms with E-state index in [0.29, 0.717) is 0 Å². The van der Waals surface area contributed by atoms with Crippen molar-refractivity contribution in [2.45, 2.75) is 13.0 Å². The van der Waals surface area contributed by atoms with Gasteiger partial charge in [0.25, 0.3) is 0 Å². The zero-order valence-corrected chi connectivity index (χ0v) is 14.5. The number of nitrogens with one attached hydrogen (secondary N) is 1. The summed E-state index contributed by atoms with van der Waals surface area (Å²) in [6, 6.07) is 18.4. The first-order valence-corrected chi connectivity index (χ1v) is 8.88. The predicted octanol–water partition coefficient (Wildman–Crippen LogP) is 3.56. The van der Waals surface area contributed by atoms with Crippen molar-refractivity contribution in [2.75, 3.05) is 31.1 Å². The van der Waals surface area contributed by atoms with Gasteiger partial charge in [0, 0.05) is 54.5 Å². The van der Waals surface area contributed by atoms with Gasteiger partial charge in [-0.05, 0) is 25.1 Å². The number of carbonyl (C=O) groups is 1. The number of benzene rings is 2. The number of aromatic nitrogens is 1. The maximum atomic E-state index is 13.0. The first-order valence-electron chi connectivity index (χ1n) is 8.88. The molecule has 2 heterocycles. The average Bonchev–Trinajstić information content (AvgIpc) is 3.12. The van der Waals surface area contributed by atoms with Gasteiger partial charge in [0.15, 0.2) is 5.78 Å². The van der Waals surface area contributed by atoms with Gasteiger partial charge >= 0.3 is 0 Å². The highest BCUT2D eigenvalue weighted by molar-refractivity contribution is 6.10. The summed E-state index contributed by atoms with van der Waals surface area (Å²) in [6.07, 6.45) is 1.85. The summed E-state index contributed by atoms with van der Waals surface area (Å²) in [5, 5.41) is 1.02. The summed E-state index contributed by atoms with van der Waals surface area (Å²) in [4.78, 5) is 20.9. The van der Waals surface area contributed by atoms with Gasteiger partial charge in [-0.15, -0.1) is 0 Å². The van der Waals surface area contributed by atoms with Crippen LogP contribution < -0.4 is 4.90 Å². The molecule has 0 radical (unpaired) electrons. The third-order valence-electron chi connectivity index (χ3n) is 5.22. The Morgan fingerprint density at radius 3 is 2.40 bits per heavy atom. The van der Waals surface area contributed by atoms with Crippen LogP contribution >= 0.6 is 0 Å². The second kappa shape index (κ2) is 6.73. The monoisotopic (exact) mass is 333 g/mol. The third kappa shape index (κ3) is 3.05. The largest absolute Gasteiger partial charge is 0.369 e. The Balaban J connectivity index is 1.45. The van der Waals surface area contributed by atoms with Crippen molar-refractivity contribution < 1.29 is 4.79 Å². The molecule has 4 rings (SSSR count). The van der Waals surface area contributed by atoms with Gasteiger partial charge in [0.2, 0.25) is 0 Å². The molecule has 0 aliphatic carbocycles. The van der Waals surface area contributed by atoms with E-state index in [-0.39, 0.29) is 11.8 Å². The second-order valence-electron chi connectivity index (χ2n) is 6.65. The van der Waals surface area contributed by atoms with Crippen molar-refractivity contribution in [3.8, 4) is 0 Å². The number of aromatic amines is 1. The molecule has 25 heavy (non-hydrogen) atoms. The van der Waals surface area contributed by atoms with Crippen LogP contribution in [0.2, 0.25) is 0 Å². The molecule has 0 unspecified atom stereocenters. The van der Waals surface area contributed by atoms with Crippen molar-refractivity contribution in [2.24, 2.45) is 0 Å². The minimum absolute atomic E-state index is 0.0999. The molecule has 1 saturated heterocycles. The Bertz CT molecular complexity index is 863. The van der Waals surface area contributed by atoms with Crippen LogP contribution in [-0.2, 0) is 0 Å². The lowest BCUT2D eigenvalue weighted by Gasteiger charge is -2.38. The maximum Gasteiger partial charge on any atom is 0.181 e. The lowest BCUT2D eigenvalue weighted by Crippen LogP contribution is -2.51. The molecule has 0 spiro atoms. The topological polar surface area (TPSA) is 39.3 Å². The smallest absolute Gasteiger partial charge is 0.181 e. The molecule has 1 fully saturated rings. The standard InChI is InChI=1S/C21H23N3O/c1-16(21(25)19-15-22-20-10-6-5-9-18(19)20)23-11-13-24(14-12-23)17-7-3-2-4-8-17/h2-10,15-16,22H,11-14H2,1H3/t16-/m1/s1. The zero-order chi connectivity index (χ0) is 17.2. The molecule has 128 valence electrons. The lowest BCUT2D eigenvalue weighted by molar-refractivity contribution is 0.0831. The molecule has 4 nitrogen and oxygen atoms in total. The molecule has 2 aromatic carbocycles. The summed E-state index contributed by atoms with van der Waals surface area (Å²) in [5.74, 6) is 0.200. The van der Waals surface area contributed by atoms with Crippen LogP contribution in [0, 0.1) is 0 Å². The SMILES string of the molecule is C[C@H](C(=O)c1c[nH]c2ccccc12)N1CCN(c2ccccc2)CC1. The van der Waals surface area contributed by atoms with E-state index in [1.54, 1.807) is 0 Å². The van der Waals surface area contributed by atoms with E-state index in [0.717, 1.165) is 42.6 Å². The summed E-state index contributed by atoms with van der Waals surface area (Å²) in [5.41, 5.74) is 3.08. The normalized spacial score (nSPS) is 16.9. The molecule has 1 aliphatic rings. The number of para-hydroxylation sites is 2. The number of H-pyrrole nitrogens is 1. The van der Waals surface area contributed by atoms with Crippen LogP contribution in [0.15, 0.2) is 60.8 Å². The highest BCUT2D eigenvalue weighted by atomic mass is 16.1. The number of hydrogen-bond donors (Lipinski definition) is 1. The van der Waals surface area contributed by atoms with Crippen molar-refractivity contribution in [3.05, 3.63) is 66.4 Å². The third-order valence-corrected chi connectivity index (χ3v) is 5.22. The van der Waals surface area contributed by atoms with Crippen LogP contribution in [0.3, 0.4) is 0 Å². The fraction of sp³-hybridized carbons (Fsp3) is 0.286. The van der Waals surface area contributed by atoms with E-state index in [2.05, 4.69) is 39.0 Å². The van der Waals surface area contributed by atoms with Crippen LogP contribution in [0.5, 0.6) is 0 Å². The van der Waals surface area contributed by atoms with E-state index in [1.807, 2.05) is 43.5 Å². The maximum absolute atomic E-state index is 13.0. The highest BCUT2D eigenvalue weighted by Gasteiger charge is 2.27. The summed E-state index contributed by atoms with van der Waals surface area (Å²) < 4.78 is 0. The molecule has 0 saturated carbocycles. The molecule has 0 bridgehead atoms. The molecule has 0 amide bonds. The number of carbonyl (C=O) groups excluding carboxylic acids is 1. The minimum atomic E-state index is -0.0999. The van der Waals surface area contributed by atoms with E-state index in [1.165, 1.54) is 5.69 Å². The summed E-state index contributed by atoms with van der Waals surface area (Å²) in [6.45, 7) is 5.75. The average molecular weight is 333 g/mol. The van der Waals surface area contributed by atoms with Crippen molar-refractivity contribution in [1.29, 1.82) is 0 Å². The fourth-order valence-corrected chi connectivity index (χ4v) is 3.67. The Hall–Kier alpha value is -2.59. The number of rotatable bonds is 4. The van der Waals surface area contributed by atoms with E-state index < -0.39 is 0 Å². The number of piperazine rings is 1. The Morgan fingerprint density at radius 2 is 1.64 bits per heavy atom. The van der Waals surface area contributed by atoms with Gasteiger partial charge in [0.05, 0.1) is 6.04 Å². The number of anilines is 1. The lowest BCUT2D eigenvalue weighted by atomic mass is 10.0. The van der Waals surface area contributed by atoms with E-state index in [4.69, 9.17) is 0 Å². The fourth-order valence-electron chi connectivity index (χ4n) is 3.67. The highest BCUT2D eigenvalue weighted by Crippen LogP contribution is 2.22. The van der Waals surface area contributed by atoms with Crippen molar-refractivity contribution in [1.82, 2.24) is 9.88 Å². The van der Waals surface area contributed by atoms with E-state index >= 15 is 0 Å². The minimum Gasteiger partial charge on any atom is -0.369 e. The van der Waals surface area contributed by atoms with Crippen LogP contribution in [-0.4, -0.2) is 47.9 Å². The van der Waals surface area contributed by atoms with Crippen molar-refractivity contribution in [3.63, 3.8) is 0 Å². The van der Waals surface area contributed by atoms with Crippen LogP contribution in [0.1, 0.15) is 17.3 Å². The van der Waals surface area contributed by atoms with Gasteiger partial charge < -0.3 is 9.88 Å². The van der Waals surface area contributed by atoms with Crippen molar-refractivity contribution >= 4 is 22.4 Å². The van der Waals surface area contributed by atoms with Crippen LogP contribution in [0.25, 0.3) is 10.9 Å². The van der Waals surface area contributed by atoms with Gasteiger partial charge in [-0.25, -0.2) is 0 Å². The Labute approximate surface area is 148 Å². The number of Topliss-reactive ketones (excluding diaryl/α,β-unsaturated/α-hetero) is 1. The molecule has 3 aromatic rings. The van der Waals surface area contributed by atoms with Gasteiger partial charge in [-0.3, -0.25) is 9.69 Å². The zero-order valence-electron chi connectivity index (χ0n) is 14.5. The number of nitrogens with zero attached hydrogens (tertiary/aromatic N) is 2. The van der Waals surface area contributed by atoms with Gasteiger partial charge in [-0.2, -0.15) is 0 Å². The molecule has 1 aliphatic heterocycles. The van der Waals surface area contributed by atoms with Crippen LogP contribution in [0.4, 0.5) is 5.69 Å². The van der Waals surface area contributed by atoms with E-state index in [9.17, 15) is 4.79 Å². The summed E-state index contributed by atoms with van der Waals surface area (Å²) in [7, 11) is 0. The van der Waals surface area contributed by atoms with Gasteiger partial charge in [0.1, 0.15) is 0 Å². The molecule has 1 N–H and O–H groups in total. The number of fused-ring (bicyclic) bond motifs is 1.